The summed E-state index contributed by atoms with van der Waals surface area (Å²) in [5.74, 6) is 0.646. The van der Waals surface area contributed by atoms with Crippen LogP contribution in [0.5, 0.6) is 5.75 Å². The molecule has 1 fully saturated rings. The number of amides is 1. The van der Waals surface area contributed by atoms with E-state index in [1.165, 1.54) is 12.8 Å². The molecular weight excluding hydrogens is 266 g/mol. The van der Waals surface area contributed by atoms with Crippen molar-refractivity contribution < 1.29 is 14.6 Å². The molecule has 0 saturated carbocycles. The van der Waals surface area contributed by atoms with Gasteiger partial charge in [-0.3, -0.25) is 4.79 Å². The maximum absolute atomic E-state index is 12.2. The third-order valence-corrected chi connectivity index (χ3v) is 3.97. The van der Waals surface area contributed by atoms with Crippen molar-refractivity contribution in [1.82, 2.24) is 4.90 Å². The molecule has 0 bridgehead atoms. The minimum absolute atomic E-state index is 0.0395. The molecule has 1 saturated heterocycles. The second kappa shape index (κ2) is 8.03. The molecule has 1 aromatic carbocycles. The lowest BCUT2D eigenvalue weighted by Gasteiger charge is -2.21. The van der Waals surface area contributed by atoms with Crippen molar-refractivity contribution in [2.24, 2.45) is 0 Å². The second-order valence-corrected chi connectivity index (χ2v) is 5.55. The molecule has 1 aromatic rings. The minimum Gasteiger partial charge on any atom is -0.483 e. The van der Waals surface area contributed by atoms with Crippen LogP contribution in [0.4, 0.5) is 0 Å². The van der Waals surface area contributed by atoms with Gasteiger partial charge in [-0.25, -0.2) is 0 Å². The highest BCUT2D eigenvalue weighted by Crippen LogP contribution is 2.26. The summed E-state index contributed by atoms with van der Waals surface area (Å²) < 4.78 is 5.66. The van der Waals surface area contributed by atoms with Gasteiger partial charge in [-0.1, -0.05) is 38.0 Å². The third-order valence-electron chi connectivity index (χ3n) is 3.97. The van der Waals surface area contributed by atoms with Gasteiger partial charge in [0.05, 0.1) is 6.10 Å². The Kier molecular flexibility index (Phi) is 6.05. The zero-order chi connectivity index (χ0) is 15.1. The Morgan fingerprint density at radius 2 is 1.90 bits per heavy atom. The molecule has 4 heteroatoms. The van der Waals surface area contributed by atoms with E-state index in [-0.39, 0.29) is 12.5 Å². The van der Waals surface area contributed by atoms with Gasteiger partial charge in [-0.15, -0.1) is 0 Å². The van der Waals surface area contributed by atoms with Gasteiger partial charge in [0.25, 0.3) is 5.91 Å². The summed E-state index contributed by atoms with van der Waals surface area (Å²) in [5, 5.41) is 9.99. The first-order valence-corrected chi connectivity index (χ1v) is 7.90. The van der Waals surface area contributed by atoms with E-state index < -0.39 is 6.10 Å². The maximum Gasteiger partial charge on any atom is 0.260 e. The quantitative estimate of drug-likeness (QED) is 0.907. The number of carbonyl (C=O) groups is 1. The number of likely N-dealkylation sites (tertiary alicyclic amines) is 1. The molecule has 1 unspecified atom stereocenters. The molecule has 1 heterocycles. The van der Waals surface area contributed by atoms with Crippen molar-refractivity contribution in [2.75, 3.05) is 19.7 Å². The van der Waals surface area contributed by atoms with Gasteiger partial charge in [0, 0.05) is 18.7 Å². The molecule has 1 amide bonds. The van der Waals surface area contributed by atoms with E-state index in [1.807, 2.05) is 36.1 Å². The SMILES string of the molecule is CCC(O)c1ccccc1OCC(=O)N1CCCCCC1. The van der Waals surface area contributed by atoms with E-state index >= 15 is 0 Å². The van der Waals surface area contributed by atoms with E-state index in [2.05, 4.69) is 0 Å². The third kappa shape index (κ3) is 4.46. The molecule has 0 aliphatic carbocycles. The number of ether oxygens (including phenoxy) is 1. The Balaban J connectivity index is 1.94. The summed E-state index contributed by atoms with van der Waals surface area (Å²) in [4.78, 5) is 14.1. The number of rotatable bonds is 5. The van der Waals surface area contributed by atoms with Gasteiger partial charge in [-0.2, -0.15) is 0 Å². The smallest absolute Gasteiger partial charge is 0.260 e. The minimum atomic E-state index is -0.547. The van der Waals surface area contributed by atoms with Crippen molar-refractivity contribution in [3.63, 3.8) is 0 Å². The fourth-order valence-corrected chi connectivity index (χ4v) is 2.66. The number of benzene rings is 1. The lowest BCUT2D eigenvalue weighted by atomic mass is 10.1. The lowest BCUT2D eigenvalue weighted by molar-refractivity contribution is -0.133. The normalized spacial score (nSPS) is 17.1. The Hall–Kier alpha value is -1.55. The lowest BCUT2D eigenvalue weighted by Crippen LogP contribution is -2.35. The van der Waals surface area contributed by atoms with Gasteiger partial charge < -0.3 is 14.7 Å². The van der Waals surface area contributed by atoms with Crippen LogP contribution in [0.15, 0.2) is 24.3 Å². The second-order valence-electron chi connectivity index (χ2n) is 5.55. The molecule has 21 heavy (non-hydrogen) atoms. The van der Waals surface area contributed by atoms with E-state index in [1.54, 1.807) is 0 Å². The number of para-hydroxylation sites is 1. The Morgan fingerprint density at radius 1 is 1.24 bits per heavy atom. The van der Waals surface area contributed by atoms with E-state index in [0.29, 0.717) is 12.2 Å². The predicted molar refractivity (Wildman–Crippen MR) is 82.2 cm³/mol. The Morgan fingerprint density at radius 3 is 2.57 bits per heavy atom. The highest BCUT2D eigenvalue weighted by molar-refractivity contribution is 5.77. The molecule has 0 aromatic heterocycles. The zero-order valence-corrected chi connectivity index (χ0v) is 12.8. The van der Waals surface area contributed by atoms with Crippen LogP contribution >= 0.6 is 0 Å². The molecule has 1 N–H and O–H groups in total. The van der Waals surface area contributed by atoms with Gasteiger partial charge >= 0.3 is 0 Å². The monoisotopic (exact) mass is 291 g/mol. The van der Waals surface area contributed by atoms with E-state index in [0.717, 1.165) is 31.5 Å². The molecule has 1 aliphatic heterocycles. The van der Waals surface area contributed by atoms with Crippen LogP contribution in [-0.4, -0.2) is 35.6 Å². The van der Waals surface area contributed by atoms with Crippen molar-refractivity contribution >= 4 is 5.91 Å². The fraction of sp³-hybridized carbons (Fsp3) is 0.588. The van der Waals surface area contributed by atoms with Crippen molar-refractivity contribution in [3.8, 4) is 5.75 Å². The molecule has 1 aliphatic rings. The summed E-state index contributed by atoms with van der Waals surface area (Å²) >= 11 is 0. The Bertz CT molecular complexity index is 453. The maximum atomic E-state index is 12.2. The average Bonchev–Trinajstić information content (AvgIpc) is 2.81. The van der Waals surface area contributed by atoms with Crippen LogP contribution < -0.4 is 4.74 Å². The number of carbonyl (C=O) groups excluding carboxylic acids is 1. The van der Waals surface area contributed by atoms with E-state index in [4.69, 9.17) is 4.74 Å². The molecule has 1 atom stereocenters. The van der Waals surface area contributed by atoms with Crippen LogP contribution in [0.2, 0.25) is 0 Å². The molecule has 0 spiro atoms. The number of hydrogen-bond donors (Lipinski definition) is 1. The van der Waals surface area contributed by atoms with Crippen molar-refractivity contribution in [3.05, 3.63) is 29.8 Å². The summed E-state index contributed by atoms with van der Waals surface area (Å²) in [6.45, 7) is 3.64. The summed E-state index contributed by atoms with van der Waals surface area (Å²) in [6.07, 6.45) is 4.65. The first-order valence-electron chi connectivity index (χ1n) is 7.90. The number of aliphatic hydroxyl groups is 1. The van der Waals surface area contributed by atoms with E-state index in [9.17, 15) is 9.90 Å². The summed E-state index contributed by atoms with van der Waals surface area (Å²) in [7, 11) is 0. The summed E-state index contributed by atoms with van der Waals surface area (Å²) in [5.41, 5.74) is 0.753. The highest BCUT2D eigenvalue weighted by atomic mass is 16.5. The first kappa shape index (κ1) is 15.8. The Labute approximate surface area is 126 Å². The molecule has 4 nitrogen and oxygen atoms in total. The number of aliphatic hydroxyl groups excluding tert-OH is 1. The van der Waals surface area contributed by atoms with Gasteiger partial charge in [0.2, 0.25) is 0 Å². The number of hydrogen-bond acceptors (Lipinski definition) is 3. The van der Waals surface area contributed by atoms with Crippen LogP contribution in [0.3, 0.4) is 0 Å². The predicted octanol–water partition coefficient (Wildman–Crippen LogP) is 2.91. The molecule has 2 rings (SSSR count). The fourth-order valence-electron chi connectivity index (χ4n) is 2.66. The van der Waals surface area contributed by atoms with Crippen LogP contribution in [0.1, 0.15) is 50.7 Å². The van der Waals surface area contributed by atoms with Gasteiger partial charge in [-0.05, 0) is 25.3 Å². The van der Waals surface area contributed by atoms with Crippen LogP contribution in [0.25, 0.3) is 0 Å². The topological polar surface area (TPSA) is 49.8 Å². The highest BCUT2D eigenvalue weighted by Gasteiger charge is 2.17. The molecular formula is C17H25NO3. The molecule has 116 valence electrons. The van der Waals surface area contributed by atoms with Crippen molar-refractivity contribution in [2.45, 2.75) is 45.1 Å². The number of nitrogens with zero attached hydrogens (tertiary/aromatic N) is 1. The molecule has 0 radical (unpaired) electrons. The van der Waals surface area contributed by atoms with Gasteiger partial charge in [0.15, 0.2) is 6.61 Å². The standard InChI is InChI=1S/C17H25NO3/c1-2-15(19)14-9-5-6-10-16(14)21-13-17(20)18-11-7-3-4-8-12-18/h5-6,9-10,15,19H,2-4,7-8,11-13H2,1H3. The van der Waals surface area contributed by atoms with Gasteiger partial charge in [0.1, 0.15) is 5.75 Å². The van der Waals surface area contributed by atoms with Crippen LogP contribution in [0, 0.1) is 0 Å². The average molecular weight is 291 g/mol. The van der Waals surface area contributed by atoms with Crippen LogP contribution in [-0.2, 0) is 4.79 Å². The summed E-state index contributed by atoms with van der Waals surface area (Å²) in [6, 6.07) is 7.39. The largest absolute Gasteiger partial charge is 0.483 e. The first-order chi connectivity index (χ1) is 10.2. The van der Waals surface area contributed by atoms with Crippen molar-refractivity contribution in [1.29, 1.82) is 0 Å². The zero-order valence-electron chi connectivity index (χ0n) is 12.8.